The number of methoxy groups -OCH3 is 1. The fraction of sp³-hybridized carbons (Fsp3) is 0.615. The number of sulfonamides is 1. The maximum absolute atomic E-state index is 12.1. The third kappa shape index (κ3) is 5.74. The van der Waals surface area contributed by atoms with Crippen LogP contribution in [0.5, 0.6) is 0 Å². The molecule has 1 rings (SSSR count). The van der Waals surface area contributed by atoms with Crippen molar-refractivity contribution in [2.75, 3.05) is 33.4 Å². The molecule has 1 amide bonds. The Morgan fingerprint density at radius 3 is 2.62 bits per heavy atom. The van der Waals surface area contributed by atoms with Crippen LogP contribution < -0.4 is 4.72 Å². The van der Waals surface area contributed by atoms with Gasteiger partial charge in [0.2, 0.25) is 15.9 Å². The zero-order valence-electron chi connectivity index (χ0n) is 12.6. The normalized spacial score (nSPS) is 11.6. The van der Waals surface area contributed by atoms with Crippen LogP contribution in [-0.4, -0.2) is 52.6 Å². The van der Waals surface area contributed by atoms with Crippen molar-refractivity contribution < 1.29 is 17.9 Å². The number of carbonyl (C=O) groups is 1. The van der Waals surface area contributed by atoms with E-state index in [-0.39, 0.29) is 12.5 Å². The minimum absolute atomic E-state index is 0.101. The second-order valence-corrected chi connectivity index (χ2v) is 7.63. The van der Waals surface area contributed by atoms with Crippen LogP contribution in [0.4, 0.5) is 0 Å². The van der Waals surface area contributed by atoms with E-state index >= 15 is 0 Å². The minimum Gasteiger partial charge on any atom is -0.383 e. The largest absolute Gasteiger partial charge is 0.383 e. The van der Waals surface area contributed by atoms with Gasteiger partial charge in [-0.1, -0.05) is 6.92 Å². The van der Waals surface area contributed by atoms with Gasteiger partial charge in [-0.15, -0.1) is 11.3 Å². The average molecular weight is 334 g/mol. The van der Waals surface area contributed by atoms with Crippen molar-refractivity contribution in [3.05, 3.63) is 17.0 Å². The first kappa shape index (κ1) is 18.1. The van der Waals surface area contributed by atoms with Crippen molar-refractivity contribution in [2.24, 2.45) is 0 Å². The highest BCUT2D eigenvalue weighted by atomic mass is 32.2. The van der Waals surface area contributed by atoms with Crippen molar-refractivity contribution in [3.8, 4) is 0 Å². The molecule has 0 fully saturated rings. The molecule has 0 atom stereocenters. The average Bonchev–Trinajstić information content (AvgIpc) is 2.91. The monoisotopic (exact) mass is 334 g/mol. The molecule has 21 heavy (non-hydrogen) atoms. The number of amides is 1. The smallest absolute Gasteiger partial charge is 0.250 e. The summed E-state index contributed by atoms with van der Waals surface area (Å²) in [6.07, 6.45) is 0.815. The summed E-state index contributed by atoms with van der Waals surface area (Å²) in [4.78, 5) is 14.0. The predicted molar refractivity (Wildman–Crippen MR) is 83.0 cm³/mol. The molecular weight excluding hydrogens is 312 g/mol. The molecule has 0 unspecified atom stereocenters. The van der Waals surface area contributed by atoms with Crippen LogP contribution >= 0.6 is 11.3 Å². The van der Waals surface area contributed by atoms with Crippen molar-refractivity contribution in [1.82, 2.24) is 9.62 Å². The molecule has 6 nitrogen and oxygen atoms in total. The molecule has 0 spiro atoms. The summed E-state index contributed by atoms with van der Waals surface area (Å²) < 4.78 is 32.0. The Kier molecular flexibility index (Phi) is 7.30. The number of rotatable bonds is 9. The van der Waals surface area contributed by atoms with Gasteiger partial charge in [-0.2, -0.15) is 0 Å². The number of aryl methyl sites for hydroxylation is 1. The highest BCUT2D eigenvalue weighted by Gasteiger charge is 2.17. The van der Waals surface area contributed by atoms with Crippen LogP contribution in [0.1, 0.15) is 18.7 Å². The summed E-state index contributed by atoms with van der Waals surface area (Å²) in [5, 5.41) is 0. The molecule has 0 saturated carbocycles. The molecule has 0 aliphatic carbocycles. The molecule has 0 aromatic carbocycles. The van der Waals surface area contributed by atoms with E-state index in [1.54, 1.807) is 18.1 Å². The lowest BCUT2D eigenvalue weighted by Crippen LogP contribution is -2.39. The number of nitrogens with one attached hydrogen (secondary N) is 1. The summed E-state index contributed by atoms with van der Waals surface area (Å²) in [7, 11) is -1.93. The number of carbonyl (C=O) groups excluding carboxylic acids is 1. The SMILES string of the molecule is CCc1ccc(S(=O)(=O)NCCN(CCOC)C(C)=O)s1. The van der Waals surface area contributed by atoms with Gasteiger partial charge < -0.3 is 9.64 Å². The summed E-state index contributed by atoms with van der Waals surface area (Å²) in [5.41, 5.74) is 0. The van der Waals surface area contributed by atoms with E-state index in [2.05, 4.69) is 4.72 Å². The van der Waals surface area contributed by atoms with Gasteiger partial charge in [0, 0.05) is 38.5 Å². The second kappa shape index (κ2) is 8.47. The van der Waals surface area contributed by atoms with Crippen LogP contribution in [0.2, 0.25) is 0 Å². The highest BCUT2D eigenvalue weighted by molar-refractivity contribution is 7.91. The van der Waals surface area contributed by atoms with E-state index in [9.17, 15) is 13.2 Å². The summed E-state index contributed by atoms with van der Waals surface area (Å²) in [6.45, 7) is 4.83. The Morgan fingerprint density at radius 2 is 2.10 bits per heavy atom. The van der Waals surface area contributed by atoms with Crippen molar-refractivity contribution in [3.63, 3.8) is 0 Å². The molecule has 0 aliphatic heterocycles. The van der Waals surface area contributed by atoms with Crippen LogP contribution in [0.15, 0.2) is 16.3 Å². The highest BCUT2D eigenvalue weighted by Crippen LogP contribution is 2.21. The quantitative estimate of drug-likeness (QED) is 0.733. The van der Waals surface area contributed by atoms with E-state index < -0.39 is 10.0 Å². The molecule has 1 aromatic rings. The molecule has 8 heteroatoms. The topological polar surface area (TPSA) is 75.7 Å². The third-order valence-electron chi connectivity index (χ3n) is 2.93. The lowest BCUT2D eigenvalue weighted by molar-refractivity contribution is -0.129. The molecule has 1 heterocycles. The van der Waals surface area contributed by atoms with Crippen LogP contribution in [-0.2, 0) is 26.0 Å². The number of nitrogens with zero attached hydrogens (tertiary/aromatic N) is 1. The molecule has 1 aromatic heterocycles. The van der Waals surface area contributed by atoms with Crippen molar-refractivity contribution in [1.29, 1.82) is 0 Å². The molecule has 0 aliphatic rings. The van der Waals surface area contributed by atoms with Gasteiger partial charge in [-0.25, -0.2) is 13.1 Å². The van der Waals surface area contributed by atoms with E-state index in [1.165, 1.54) is 18.3 Å². The lowest BCUT2D eigenvalue weighted by atomic mass is 10.4. The molecule has 0 saturated heterocycles. The number of ether oxygens (including phenoxy) is 1. The van der Waals surface area contributed by atoms with Crippen molar-refractivity contribution in [2.45, 2.75) is 24.5 Å². The van der Waals surface area contributed by atoms with Gasteiger partial charge in [-0.05, 0) is 18.6 Å². The van der Waals surface area contributed by atoms with Gasteiger partial charge >= 0.3 is 0 Å². The lowest BCUT2D eigenvalue weighted by Gasteiger charge is -2.20. The fourth-order valence-electron chi connectivity index (χ4n) is 1.71. The molecule has 120 valence electrons. The van der Waals surface area contributed by atoms with Gasteiger partial charge in [-0.3, -0.25) is 4.79 Å². The van der Waals surface area contributed by atoms with Gasteiger partial charge in [0.25, 0.3) is 0 Å². The maximum Gasteiger partial charge on any atom is 0.250 e. The molecule has 1 N–H and O–H groups in total. The summed E-state index contributed by atoms with van der Waals surface area (Å²) in [6, 6.07) is 3.43. The summed E-state index contributed by atoms with van der Waals surface area (Å²) >= 11 is 1.27. The van der Waals surface area contributed by atoms with Crippen LogP contribution in [0, 0.1) is 0 Å². The zero-order valence-corrected chi connectivity index (χ0v) is 14.2. The van der Waals surface area contributed by atoms with Gasteiger partial charge in [0.15, 0.2) is 0 Å². The van der Waals surface area contributed by atoms with Gasteiger partial charge in [0.05, 0.1) is 6.61 Å². The Morgan fingerprint density at radius 1 is 1.38 bits per heavy atom. The standard InChI is InChI=1S/C13H22N2O4S2/c1-4-12-5-6-13(20-12)21(17,18)14-7-8-15(11(2)16)9-10-19-3/h5-6,14H,4,7-10H2,1-3H3. The Labute approximate surface area is 130 Å². The fourth-order valence-corrected chi connectivity index (χ4v) is 4.07. The van der Waals surface area contributed by atoms with Crippen LogP contribution in [0.3, 0.4) is 0 Å². The first-order valence-corrected chi connectivity index (χ1v) is 9.03. The minimum atomic E-state index is -3.49. The summed E-state index contributed by atoms with van der Waals surface area (Å²) in [5.74, 6) is -0.101. The van der Waals surface area contributed by atoms with E-state index in [1.807, 2.05) is 13.0 Å². The van der Waals surface area contributed by atoms with Gasteiger partial charge in [0.1, 0.15) is 4.21 Å². The predicted octanol–water partition coefficient (Wildman–Crippen LogP) is 1.08. The number of thiophene rings is 1. The van der Waals surface area contributed by atoms with E-state index in [0.29, 0.717) is 23.9 Å². The molecular formula is C13H22N2O4S2. The Hall–Kier alpha value is -0.960. The number of hydrogen-bond donors (Lipinski definition) is 1. The first-order valence-electron chi connectivity index (χ1n) is 6.73. The Bertz CT molecular complexity index is 554. The van der Waals surface area contributed by atoms with Crippen LogP contribution in [0.25, 0.3) is 0 Å². The first-order chi connectivity index (χ1) is 9.90. The van der Waals surface area contributed by atoms with E-state index in [0.717, 1.165) is 11.3 Å². The zero-order chi connectivity index (χ0) is 15.9. The number of hydrogen-bond acceptors (Lipinski definition) is 5. The Balaban J connectivity index is 2.54. The molecule has 0 bridgehead atoms. The second-order valence-electron chi connectivity index (χ2n) is 4.47. The molecule has 0 radical (unpaired) electrons. The van der Waals surface area contributed by atoms with Crippen molar-refractivity contribution >= 4 is 27.3 Å². The maximum atomic E-state index is 12.1. The third-order valence-corrected chi connectivity index (χ3v) is 6.12. The van der Waals surface area contributed by atoms with E-state index in [4.69, 9.17) is 4.74 Å².